The molecule has 0 atom stereocenters. The quantitative estimate of drug-likeness (QED) is 0.880. The molecule has 3 rings (SSSR count). The van der Waals surface area contributed by atoms with E-state index in [9.17, 15) is 0 Å². The van der Waals surface area contributed by atoms with Crippen molar-refractivity contribution in [1.82, 2.24) is 14.8 Å². The molecule has 0 radical (unpaired) electrons. The first-order valence-corrected chi connectivity index (χ1v) is 6.64. The van der Waals surface area contributed by atoms with Gasteiger partial charge in [-0.05, 0) is 38.3 Å². The molecular weight excluding hydrogens is 224 g/mol. The molecule has 4 nitrogen and oxygen atoms in total. The first kappa shape index (κ1) is 11.3. The lowest BCUT2D eigenvalue weighted by Gasteiger charge is -2.06. The smallest absolute Gasteiger partial charge is 0.128 e. The molecule has 0 saturated carbocycles. The Labute approximate surface area is 107 Å². The zero-order chi connectivity index (χ0) is 12.4. The fourth-order valence-corrected chi connectivity index (χ4v) is 2.54. The number of hydrogen-bond acceptors (Lipinski definition) is 3. The molecule has 0 amide bonds. The molecule has 0 aromatic carbocycles. The topological polar surface area (TPSA) is 42.7 Å². The Hall–Kier alpha value is -1.84. The second-order valence-electron chi connectivity index (χ2n) is 4.61. The van der Waals surface area contributed by atoms with Crippen LogP contribution in [-0.2, 0) is 13.0 Å². The van der Waals surface area contributed by atoms with E-state index in [1.54, 1.807) is 0 Å². The average molecular weight is 242 g/mol. The van der Waals surface area contributed by atoms with E-state index in [0.717, 1.165) is 30.8 Å². The van der Waals surface area contributed by atoms with Gasteiger partial charge < -0.3 is 5.32 Å². The predicted octanol–water partition coefficient (Wildman–Crippen LogP) is 2.71. The Kier molecular flexibility index (Phi) is 3.00. The molecule has 4 heteroatoms. The maximum Gasteiger partial charge on any atom is 0.128 e. The maximum atomic E-state index is 4.75. The Bertz CT molecular complexity index is 530. The van der Waals surface area contributed by atoms with Gasteiger partial charge in [-0.25, -0.2) is 4.68 Å². The second kappa shape index (κ2) is 4.80. The Morgan fingerprint density at radius 1 is 1.28 bits per heavy atom. The molecule has 1 aliphatic heterocycles. The van der Waals surface area contributed by atoms with E-state index >= 15 is 0 Å². The first-order valence-electron chi connectivity index (χ1n) is 6.64. The highest BCUT2D eigenvalue weighted by molar-refractivity contribution is 5.69. The van der Waals surface area contributed by atoms with Crippen LogP contribution in [-0.4, -0.2) is 21.3 Å². The number of nitrogens with one attached hydrogen (secondary N) is 1. The Morgan fingerprint density at radius 3 is 2.89 bits per heavy atom. The number of rotatable bonds is 2. The summed E-state index contributed by atoms with van der Waals surface area (Å²) in [5.41, 5.74) is 3.64. The lowest BCUT2D eigenvalue weighted by Crippen LogP contribution is -2.07. The molecule has 1 N–H and O–H groups in total. The molecule has 0 saturated heterocycles. The van der Waals surface area contributed by atoms with E-state index in [0.29, 0.717) is 0 Å². The van der Waals surface area contributed by atoms with Crippen molar-refractivity contribution in [3.05, 3.63) is 30.1 Å². The van der Waals surface area contributed by atoms with E-state index in [1.807, 2.05) is 24.5 Å². The van der Waals surface area contributed by atoms with Gasteiger partial charge >= 0.3 is 0 Å². The van der Waals surface area contributed by atoms with Crippen LogP contribution in [0.15, 0.2) is 24.5 Å². The minimum atomic E-state index is 0.903. The van der Waals surface area contributed by atoms with Gasteiger partial charge in [-0.2, -0.15) is 5.10 Å². The summed E-state index contributed by atoms with van der Waals surface area (Å²) in [6.07, 6.45) is 7.23. The van der Waals surface area contributed by atoms with E-state index in [4.69, 9.17) is 5.10 Å². The van der Waals surface area contributed by atoms with E-state index < -0.39 is 0 Å². The third-order valence-corrected chi connectivity index (χ3v) is 3.45. The summed E-state index contributed by atoms with van der Waals surface area (Å²) in [6.45, 7) is 4.09. The first-order chi connectivity index (χ1) is 8.90. The van der Waals surface area contributed by atoms with Gasteiger partial charge in [0, 0.05) is 36.6 Å². The normalized spacial score (nSPS) is 14.7. The molecular formula is C14H18N4. The van der Waals surface area contributed by atoms with Crippen LogP contribution in [0.3, 0.4) is 0 Å². The van der Waals surface area contributed by atoms with Gasteiger partial charge in [-0.3, -0.25) is 4.98 Å². The average Bonchev–Trinajstić information content (AvgIpc) is 2.61. The summed E-state index contributed by atoms with van der Waals surface area (Å²) in [4.78, 5) is 4.08. The maximum absolute atomic E-state index is 4.75. The zero-order valence-corrected chi connectivity index (χ0v) is 10.7. The highest BCUT2D eigenvalue weighted by Gasteiger charge is 2.19. The highest BCUT2D eigenvalue weighted by atomic mass is 15.3. The predicted molar refractivity (Wildman–Crippen MR) is 72.6 cm³/mol. The Balaban J connectivity index is 2.12. The van der Waals surface area contributed by atoms with Gasteiger partial charge in [-0.1, -0.05) is 0 Å². The third-order valence-electron chi connectivity index (χ3n) is 3.45. The summed E-state index contributed by atoms with van der Waals surface area (Å²) in [5, 5.41) is 8.27. The van der Waals surface area contributed by atoms with Crippen LogP contribution in [0, 0.1) is 0 Å². The van der Waals surface area contributed by atoms with Crippen molar-refractivity contribution < 1.29 is 0 Å². The molecule has 0 unspecified atom stereocenters. The standard InChI is InChI=1S/C14H18N4/c1-2-18-14-12(5-3-4-8-16-14)13(17-18)11-6-9-15-10-7-11/h6-7,9-10,16H,2-5,8H2,1H3. The monoisotopic (exact) mass is 242 g/mol. The van der Waals surface area contributed by atoms with E-state index in [1.165, 1.54) is 24.2 Å². The van der Waals surface area contributed by atoms with Crippen molar-refractivity contribution in [2.75, 3.05) is 11.9 Å². The van der Waals surface area contributed by atoms with E-state index in [-0.39, 0.29) is 0 Å². The fraction of sp³-hybridized carbons (Fsp3) is 0.429. The van der Waals surface area contributed by atoms with Crippen LogP contribution < -0.4 is 5.32 Å². The molecule has 18 heavy (non-hydrogen) atoms. The van der Waals surface area contributed by atoms with E-state index in [2.05, 4.69) is 21.9 Å². The van der Waals surface area contributed by atoms with Gasteiger partial charge in [0.05, 0.1) is 5.69 Å². The number of anilines is 1. The van der Waals surface area contributed by atoms with Crippen LogP contribution in [0.25, 0.3) is 11.3 Å². The molecule has 3 heterocycles. The second-order valence-corrected chi connectivity index (χ2v) is 4.61. The lowest BCUT2D eigenvalue weighted by molar-refractivity contribution is 0.665. The van der Waals surface area contributed by atoms with Crippen molar-refractivity contribution in [3.8, 4) is 11.3 Å². The van der Waals surface area contributed by atoms with Crippen LogP contribution >= 0.6 is 0 Å². The summed E-state index contributed by atoms with van der Waals surface area (Å²) in [5.74, 6) is 1.21. The summed E-state index contributed by atoms with van der Waals surface area (Å²) in [7, 11) is 0. The number of fused-ring (bicyclic) bond motifs is 1. The van der Waals surface area contributed by atoms with Gasteiger partial charge in [-0.15, -0.1) is 0 Å². The molecule has 2 aromatic rings. The minimum Gasteiger partial charge on any atom is -0.370 e. The number of aryl methyl sites for hydroxylation is 1. The molecule has 2 aromatic heterocycles. The molecule has 0 fully saturated rings. The largest absolute Gasteiger partial charge is 0.370 e. The van der Waals surface area contributed by atoms with Crippen LogP contribution in [0.2, 0.25) is 0 Å². The number of hydrogen-bond donors (Lipinski definition) is 1. The summed E-state index contributed by atoms with van der Waals surface area (Å²) >= 11 is 0. The van der Waals surface area contributed by atoms with Crippen molar-refractivity contribution in [2.45, 2.75) is 32.7 Å². The number of nitrogens with zero attached hydrogens (tertiary/aromatic N) is 3. The molecule has 0 aliphatic carbocycles. The summed E-state index contributed by atoms with van der Waals surface area (Å²) < 4.78 is 2.08. The molecule has 1 aliphatic rings. The molecule has 94 valence electrons. The third kappa shape index (κ3) is 1.88. The fourth-order valence-electron chi connectivity index (χ4n) is 2.54. The molecule has 0 bridgehead atoms. The van der Waals surface area contributed by atoms with Crippen molar-refractivity contribution >= 4 is 5.82 Å². The number of pyridine rings is 1. The van der Waals surface area contributed by atoms with Crippen LogP contribution in [0.4, 0.5) is 5.82 Å². The van der Waals surface area contributed by atoms with Crippen molar-refractivity contribution in [2.24, 2.45) is 0 Å². The lowest BCUT2D eigenvalue weighted by atomic mass is 10.0. The van der Waals surface area contributed by atoms with Gasteiger partial charge in [0.2, 0.25) is 0 Å². The van der Waals surface area contributed by atoms with Gasteiger partial charge in [0.15, 0.2) is 0 Å². The zero-order valence-electron chi connectivity index (χ0n) is 10.7. The van der Waals surface area contributed by atoms with Gasteiger partial charge in [0.25, 0.3) is 0 Å². The van der Waals surface area contributed by atoms with Gasteiger partial charge in [0.1, 0.15) is 5.82 Å². The summed E-state index contributed by atoms with van der Waals surface area (Å²) in [6, 6.07) is 4.07. The van der Waals surface area contributed by atoms with Crippen LogP contribution in [0.5, 0.6) is 0 Å². The SMILES string of the molecule is CCn1nc(-c2ccncc2)c2c1NCCCC2. The van der Waals surface area contributed by atoms with Crippen molar-refractivity contribution in [3.63, 3.8) is 0 Å². The van der Waals surface area contributed by atoms with Crippen molar-refractivity contribution in [1.29, 1.82) is 0 Å². The molecule has 0 spiro atoms. The Morgan fingerprint density at radius 2 is 2.11 bits per heavy atom. The minimum absolute atomic E-state index is 0.903. The van der Waals surface area contributed by atoms with Crippen LogP contribution in [0.1, 0.15) is 25.3 Å². The highest BCUT2D eigenvalue weighted by Crippen LogP contribution is 2.31. The number of aromatic nitrogens is 3.